The van der Waals surface area contributed by atoms with E-state index in [9.17, 15) is 18.7 Å². The molecule has 0 aliphatic rings. The number of hydrogen-bond acceptors (Lipinski definition) is 4. The van der Waals surface area contributed by atoms with Gasteiger partial charge in [-0.15, -0.1) is 0 Å². The van der Waals surface area contributed by atoms with Crippen molar-refractivity contribution < 1.29 is 18.7 Å². The van der Waals surface area contributed by atoms with Gasteiger partial charge in [-0.1, -0.05) is 6.07 Å². The molecule has 6 heteroatoms. The number of pyridine rings is 1. The zero-order valence-corrected chi connectivity index (χ0v) is 13.5. The highest BCUT2D eigenvalue weighted by Gasteiger charge is 2.15. The first-order valence-electron chi connectivity index (χ1n) is 7.48. The highest BCUT2D eigenvalue weighted by Crippen LogP contribution is 2.25. The van der Waals surface area contributed by atoms with E-state index in [1.165, 1.54) is 19.1 Å². The smallest absolute Gasteiger partial charge is 0.155 e. The average molecular weight is 341 g/mol. The number of rotatable bonds is 6. The van der Waals surface area contributed by atoms with Gasteiger partial charge in [0, 0.05) is 23.8 Å². The Morgan fingerprint density at radius 2 is 2.08 bits per heavy atom. The third kappa shape index (κ3) is 4.70. The van der Waals surface area contributed by atoms with Crippen LogP contribution in [0.4, 0.5) is 8.78 Å². The fourth-order valence-electron chi connectivity index (χ4n) is 2.26. The fraction of sp³-hybridized carbons (Fsp3) is 0.158. The van der Waals surface area contributed by atoms with Crippen LogP contribution in [-0.4, -0.2) is 15.9 Å². The van der Waals surface area contributed by atoms with E-state index in [4.69, 9.17) is 5.26 Å². The molecule has 2 aromatic rings. The molecule has 0 amide bonds. The van der Waals surface area contributed by atoms with Crippen LogP contribution < -0.4 is 0 Å². The number of allylic oxidation sites excluding steroid dienone is 2. The second kappa shape index (κ2) is 8.15. The molecular formula is C19H15F2N2O2. The minimum atomic E-state index is -0.946. The minimum Gasteiger partial charge on any atom is -0.512 e. The molecule has 2 rings (SSSR count). The molecule has 0 unspecified atom stereocenters. The number of nitriles is 1. The third-order valence-corrected chi connectivity index (χ3v) is 3.36. The van der Waals surface area contributed by atoms with Crippen LogP contribution in [0.5, 0.6) is 0 Å². The maximum absolute atomic E-state index is 14.2. The molecule has 1 aromatic heterocycles. The Kier molecular flexibility index (Phi) is 5.96. The van der Waals surface area contributed by atoms with E-state index in [1.807, 2.05) is 0 Å². The number of carbonyl (C=O) groups excluding carboxylic acids is 1. The molecule has 1 N–H and O–H groups in total. The molecular weight excluding hydrogens is 326 g/mol. The number of aliphatic hydroxyl groups excluding tert-OH is 1. The van der Waals surface area contributed by atoms with Crippen LogP contribution in [-0.2, 0) is 11.2 Å². The van der Waals surface area contributed by atoms with Gasteiger partial charge in [-0.25, -0.2) is 8.78 Å². The summed E-state index contributed by atoms with van der Waals surface area (Å²) in [6.45, 7) is 1.34. The zero-order chi connectivity index (χ0) is 18.4. The number of hydrogen-bond donors (Lipinski definition) is 1. The Hall–Kier alpha value is -3.07. The quantitative estimate of drug-likeness (QED) is 0.635. The summed E-state index contributed by atoms with van der Waals surface area (Å²) in [5.41, 5.74) is 0.286. The lowest BCUT2D eigenvalue weighted by molar-refractivity contribution is -0.112. The van der Waals surface area contributed by atoms with Crippen molar-refractivity contribution in [3.05, 3.63) is 71.5 Å². The lowest BCUT2D eigenvalue weighted by atomic mass is 10.1. The van der Waals surface area contributed by atoms with Gasteiger partial charge in [0.2, 0.25) is 0 Å². The van der Waals surface area contributed by atoms with Crippen molar-refractivity contribution in [1.29, 1.82) is 5.26 Å². The summed E-state index contributed by atoms with van der Waals surface area (Å²) >= 11 is 0. The van der Waals surface area contributed by atoms with Crippen molar-refractivity contribution in [3.8, 4) is 17.3 Å². The summed E-state index contributed by atoms with van der Waals surface area (Å²) in [6, 6.07) is 8.73. The molecule has 0 fully saturated rings. The Morgan fingerprint density at radius 3 is 2.76 bits per heavy atom. The molecule has 4 nitrogen and oxygen atoms in total. The molecule has 0 aliphatic heterocycles. The lowest BCUT2D eigenvalue weighted by Crippen LogP contribution is -1.98. The van der Waals surface area contributed by atoms with E-state index >= 15 is 0 Å². The van der Waals surface area contributed by atoms with Gasteiger partial charge >= 0.3 is 0 Å². The molecule has 25 heavy (non-hydrogen) atoms. The molecule has 0 atom stereocenters. The van der Waals surface area contributed by atoms with Gasteiger partial charge in [0.1, 0.15) is 17.4 Å². The summed E-state index contributed by atoms with van der Waals surface area (Å²) in [5.74, 6) is -2.16. The SMILES string of the molecule is CC(=O)/C=C(\O)C[CH]Cc1cccc(-c2ccc(F)c(C#N)c2F)n1. The van der Waals surface area contributed by atoms with Gasteiger partial charge in [0.05, 0.1) is 11.5 Å². The second-order valence-electron chi connectivity index (χ2n) is 5.35. The lowest BCUT2D eigenvalue weighted by Gasteiger charge is -2.07. The zero-order valence-electron chi connectivity index (χ0n) is 13.5. The monoisotopic (exact) mass is 341 g/mol. The average Bonchev–Trinajstić information content (AvgIpc) is 2.55. The minimum absolute atomic E-state index is 0.0409. The second-order valence-corrected chi connectivity index (χ2v) is 5.35. The largest absolute Gasteiger partial charge is 0.512 e. The van der Waals surface area contributed by atoms with Crippen LogP contribution in [0.15, 0.2) is 42.2 Å². The van der Waals surface area contributed by atoms with E-state index in [0.29, 0.717) is 12.1 Å². The van der Waals surface area contributed by atoms with Gasteiger partial charge in [-0.3, -0.25) is 9.78 Å². The first kappa shape index (κ1) is 18.3. The third-order valence-electron chi connectivity index (χ3n) is 3.36. The molecule has 1 radical (unpaired) electrons. The topological polar surface area (TPSA) is 74.0 Å². The standard InChI is InChI=1S/C19H15F2N2O2/c1-12(24)10-14(25)6-2-4-13-5-3-7-18(23-13)15-8-9-17(20)16(11-22)19(15)21/h2-3,5,7-10,25H,4,6H2,1H3/b14-10-. The van der Waals surface area contributed by atoms with Gasteiger partial charge in [0.15, 0.2) is 11.6 Å². The predicted octanol–water partition coefficient (Wildman–Crippen LogP) is 4.07. The molecule has 0 bridgehead atoms. The van der Waals surface area contributed by atoms with Crippen molar-refractivity contribution in [1.82, 2.24) is 4.98 Å². The van der Waals surface area contributed by atoms with Gasteiger partial charge < -0.3 is 5.11 Å². The molecule has 1 aromatic carbocycles. The number of carbonyl (C=O) groups is 1. The van der Waals surface area contributed by atoms with Crippen molar-refractivity contribution in [2.75, 3.05) is 0 Å². The fourth-order valence-corrected chi connectivity index (χ4v) is 2.26. The van der Waals surface area contributed by atoms with Crippen molar-refractivity contribution in [2.24, 2.45) is 0 Å². The van der Waals surface area contributed by atoms with Crippen LogP contribution >= 0.6 is 0 Å². The van der Waals surface area contributed by atoms with Crippen molar-refractivity contribution in [2.45, 2.75) is 19.8 Å². The highest BCUT2D eigenvalue weighted by atomic mass is 19.1. The Balaban J connectivity index is 2.17. The van der Waals surface area contributed by atoms with Crippen LogP contribution in [0, 0.1) is 29.4 Å². The Labute approximate surface area is 144 Å². The number of halogens is 2. The maximum Gasteiger partial charge on any atom is 0.155 e. The first-order chi connectivity index (χ1) is 11.9. The van der Waals surface area contributed by atoms with E-state index in [1.54, 1.807) is 24.6 Å². The van der Waals surface area contributed by atoms with E-state index in [-0.39, 0.29) is 29.2 Å². The predicted molar refractivity (Wildman–Crippen MR) is 88.3 cm³/mol. The van der Waals surface area contributed by atoms with E-state index in [0.717, 1.165) is 12.1 Å². The number of nitrogens with zero attached hydrogens (tertiary/aromatic N) is 2. The van der Waals surface area contributed by atoms with Crippen LogP contribution in [0.2, 0.25) is 0 Å². The van der Waals surface area contributed by atoms with E-state index < -0.39 is 17.2 Å². The molecule has 127 valence electrons. The molecule has 1 heterocycles. The van der Waals surface area contributed by atoms with Crippen LogP contribution in [0.1, 0.15) is 24.6 Å². The van der Waals surface area contributed by atoms with E-state index in [2.05, 4.69) is 4.98 Å². The number of benzene rings is 1. The molecule has 0 spiro atoms. The normalized spacial score (nSPS) is 11.2. The van der Waals surface area contributed by atoms with Gasteiger partial charge in [-0.2, -0.15) is 5.26 Å². The van der Waals surface area contributed by atoms with Crippen LogP contribution in [0.25, 0.3) is 11.3 Å². The molecule has 0 aliphatic carbocycles. The first-order valence-corrected chi connectivity index (χ1v) is 7.48. The van der Waals surface area contributed by atoms with Gasteiger partial charge in [-0.05, 0) is 44.0 Å². The van der Waals surface area contributed by atoms with Crippen molar-refractivity contribution >= 4 is 5.78 Å². The summed E-state index contributed by atoms with van der Waals surface area (Å²) in [7, 11) is 0. The number of aromatic nitrogens is 1. The van der Waals surface area contributed by atoms with Crippen LogP contribution in [0.3, 0.4) is 0 Å². The number of ketones is 1. The van der Waals surface area contributed by atoms with Gasteiger partial charge in [0.25, 0.3) is 0 Å². The summed E-state index contributed by atoms with van der Waals surface area (Å²) < 4.78 is 27.7. The molecule has 0 saturated carbocycles. The highest BCUT2D eigenvalue weighted by molar-refractivity contribution is 5.87. The maximum atomic E-state index is 14.2. The molecule has 0 saturated heterocycles. The summed E-state index contributed by atoms with van der Waals surface area (Å²) in [6.07, 6.45) is 3.45. The summed E-state index contributed by atoms with van der Waals surface area (Å²) in [4.78, 5) is 15.1. The number of aliphatic hydroxyl groups is 1. The Bertz CT molecular complexity index is 870. The Morgan fingerprint density at radius 1 is 1.32 bits per heavy atom. The summed E-state index contributed by atoms with van der Waals surface area (Å²) in [5, 5.41) is 18.4. The van der Waals surface area contributed by atoms with Crippen molar-refractivity contribution in [3.63, 3.8) is 0 Å².